The molecule has 2 aliphatic rings. The Morgan fingerprint density at radius 2 is 2.06 bits per heavy atom. The lowest BCUT2D eigenvalue weighted by molar-refractivity contribution is -0.145. The molecule has 0 spiro atoms. The average Bonchev–Trinajstić information content (AvgIpc) is 2.39. The minimum absolute atomic E-state index is 0.00181. The lowest BCUT2D eigenvalue weighted by atomic mass is 9.90. The van der Waals surface area contributed by atoms with Crippen LogP contribution in [0.15, 0.2) is 0 Å². The van der Waals surface area contributed by atoms with Crippen LogP contribution in [-0.4, -0.2) is 35.8 Å². The van der Waals surface area contributed by atoms with Crippen molar-refractivity contribution in [1.82, 2.24) is 10.2 Å². The number of likely N-dealkylation sites (tertiary alicyclic amines) is 1. The number of piperidine rings is 1. The summed E-state index contributed by atoms with van der Waals surface area (Å²) in [6, 6.07) is 0.0514. The summed E-state index contributed by atoms with van der Waals surface area (Å²) in [6.07, 6.45) is 1.39. The van der Waals surface area contributed by atoms with E-state index in [0.29, 0.717) is 12.3 Å². The molecule has 2 unspecified atom stereocenters. The van der Waals surface area contributed by atoms with Crippen molar-refractivity contribution >= 4 is 11.8 Å². The van der Waals surface area contributed by atoms with E-state index in [0.717, 1.165) is 19.5 Å². The minimum atomic E-state index is -0.506. The average molecular weight is 224 g/mol. The number of nitrogens with one attached hydrogen (secondary N) is 1. The third kappa shape index (κ3) is 1.75. The van der Waals surface area contributed by atoms with Gasteiger partial charge in [-0.15, -0.1) is 0 Å². The van der Waals surface area contributed by atoms with Gasteiger partial charge >= 0.3 is 0 Å². The van der Waals surface area contributed by atoms with Crippen LogP contribution in [0.1, 0.15) is 33.6 Å². The number of carbonyl (C=O) groups excluding carboxylic acids is 2. The topological polar surface area (TPSA) is 49.4 Å². The molecule has 0 aromatic heterocycles. The second-order valence-corrected chi connectivity index (χ2v) is 5.67. The van der Waals surface area contributed by atoms with Gasteiger partial charge in [-0.05, 0) is 18.9 Å². The van der Waals surface area contributed by atoms with Gasteiger partial charge < -0.3 is 5.32 Å². The fourth-order valence-corrected chi connectivity index (χ4v) is 2.63. The summed E-state index contributed by atoms with van der Waals surface area (Å²) in [5.74, 6) is 0.400. The molecule has 16 heavy (non-hydrogen) atoms. The van der Waals surface area contributed by atoms with Gasteiger partial charge in [-0.1, -0.05) is 20.8 Å². The summed E-state index contributed by atoms with van der Waals surface area (Å²) in [7, 11) is 0. The number of imide groups is 1. The highest BCUT2D eigenvalue weighted by Gasteiger charge is 2.48. The third-order valence-electron chi connectivity index (χ3n) is 3.78. The zero-order valence-electron chi connectivity index (χ0n) is 10.2. The fraction of sp³-hybridized carbons (Fsp3) is 0.833. The van der Waals surface area contributed by atoms with E-state index in [1.807, 2.05) is 13.8 Å². The van der Waals surface area contributed by atoms with E-state index in [-0.39, 0.29) is 17.9 Å². The van der Waals surface area contributed by atoms with E-state index in [4.69, 9.17) is 0 Å². The predicted octanol–water partition coefficient (Wildman–Crippen LogP) is 0.769. The Bertz CT molecular complexity index is 325. The maximum Gasteiger partial charge on any atom is 0.235 e. The van der Waals surface area contributed by atoms with Crippen LogP contribution < -0.4 is 5.32 Å². The highest BCUT2D eigenvalue weighted by molar-refractivity contribution is 6.05. The summed E-state index contributed by atoms with van der Waals surface area (Å²) in [4.78, 5) is 25.6. The van der Waals surface area contributed by atoms with Crippen LogP contribution in [0.2, 0.25) is 0 Å². The van der Waals surface area contributed by atoms with Gasteiger partial charge in [-0.3, -0.25) is 14.5 Å². The molecule has 2 fully saturated rings. The first-order valence-electron chi connectivity index (χ1n) is 6.01. The number of rotatable bonds is 1. The van der Waals surface area contributed by atoms with E-state index in [9.17, 15) is 9.59 Å². The summed E-state index contributed by atoms with van der Waals surface area (Å²) in [6.45, 7) is 7.56. The Morgan fingerprint density at radius 3 is 2.56 bits per heavy atom. The van der Waals surface area contributed by atoms with Crippen molar-refractivity contribution < 1.29 is 9.59 Å². The Labute approximate surface area is 96.4 Å². The fourth-order valence-electron chi connectivity index (χ4n) is 2.63. The van der Waals surface area contributed by atoms with Gasteiger partial charge in [0.05, 0.1) is 11.5 Å². The van der Waals surface area contributed by atoms with Crippen molar-refractivity contribution in [3.63, 3.8) is 0 Å². The smallest absolute Gasteiger partial charge is 0.235 e. The Hall–Kier alpha value is -0.900. The zero-order chi connectivity index (χ0) is 11.9. The molecule has 2 rings (SSSR count). The molecule has 2 saturated heterocycles. The van der Waals surface area contributed by atoms with E-state index < -0.39 is 5.41 Å². The second-order valence-electron chi connectivity index (χ2n) is 5.67. The van der Waals surface area contributed by atoms with E-state index >= 15 is 0 Å². The number of nitrogens with zero attached hydrogens (tertiary/aromatic N) is 1. The van der Waals surface area contributed by atoms with Crippen molar-refractivity contribution in [2.24, 2.45) is 11.3 Å². The normalized spacial score (nSPS) is 34.6. The first-order valence-corrected chi connectivity index (χ1v) is 6.01. The Morgan fingerprint density at radius 1 is 1.38 bits per heavy atom. The summed E-state index contributed by atoms with van der Waals surface area (Å²) in [5.41, 5.74) is -0.506. The molecule has 2 heterocycles. The molecule has 1 N–H and O–H groups in total. The lowest BCUT2D eigenvalue weighted by Crippen LogP contribution is -2.53. The molecule has 2 amide bonds. The summed E-state index contributed by atoms with van der Waals surface area (Å²) >= 11 is 0. The number of hydrogen-bond donors (Lipinski definition) is 1. The highest BCUT2D eigenvalue weighted by atomic mass is 16.2. The van der Waals surface area contributed by atoms with Gasteiger partial charge in [-0.25, -0.2) is 0 Å². The molecule has 0 radical (unpaired) electrons. The molecule has 4 nitrogen and oxygen atoms in total. The van der Waals surface area contributed by atoms with Gasteiger partial charge in [0.1, 0.15) is 0 Å². The van der Waals surface area contributed by atoms with Crippen LogP contribution in [0.3, 0.4) is 0 Å². The first-order chi connectivity index (χ1) is 7.43. The minimum Gasteiger partial charge on any atom is -0.315 e. The number of hydrogen-bond acceptors (Lipinski definition) is 3. The van der Waals surface area contributed by atoms with Gasteiger partial charge in [0.2, 0.25) is 11.8 Å². The van der Waals surface area contributed by atoms with Crippen LogP contribution in [-0.2, 0) is 9.59 Å². The Kier molecular flexibility index (Phi) is 2.78. The quantitative estimate of drug-likeness (QED) is 0.669. The van der Waals surface area contributed by atoms with Crippen LogP contribution in [0.5, 0.6) is 0 Å². The predicted molar refractivity (Wildman–Crippen MR) is 60.7 cm³/mol. The molecular formula is C12H20N2O2. The van der Waals surface area contributed by atoms with E-state index in [2.05, 4.69) is 12.2 Å². The molecule has 0 aromatic carbocycles. The molecular weight excluding hydrogens is 204 g/mol. The standard InChI is InChI=1S/C12H20N2O2/c1-8-4-5-13-7-9(8)14-10(15)6-12(2,3)11(14)16/h8-9,13H,4-7H2,1-3H3. The van der Waals surface area contributed by atoms with E-state index in [1.54, 1.807) is 0 Å². The van der Waals surface area contributed by atoms with Crippen LogP contribution >= 0.6 is 0 Å². The number of carbonyl (C=O) groups is 2. The Balaban J connectivity index is 2.20. The lowest BCUT2D eigenvalue weighted by Gasteiger charge is -2.36. The van der Waals surface area contributed by atoms with Crippen LogP contribution in [0.25, 0.3) is 0 Å². The van der Waals surface area contributed by atoms with Gasteiger partial charge in [0.25, 0.3) is 0 Å². The first kappa shape index (κ1) is 11.6. The van der Waals surface area contributed by atoms with Gasteiger partial charge in [0, 0.05) is 13.0 Å². The third-order valence-corrected chi connectivity index (χ3v) is 3.78. The van der Waals surface area contributed by atoms with Crippen molar-refractivity contribution in [3.05, 3.63) is 0 Å². The molecule has 0 aliphatic carbocycles. The van der Waals surface area contributed by atoms with Gasteiger partial charge in [-0.2, -0.15) is 0 Å². The molecule has 2 atom stereocenters. The number of amides is 2. The molecule has 0 saturated carbocycles. The monoisotopic (exact) mass is 224 g/mol. The molecule has 0 aromatic rings. The van der Waals surface area contributed by atoms with Crippen molar-refractivity contribution in [2.45, 2.75) is 39.7 Å². The maximum atomic E-state index is 12.2. The molecule has 4 heteroatoms. The highest BCUT2D eigenvalue weighted by Crippen LogP contribution is 2.35. The van der Waals surface area contributed by atoms with Crippen LogP contribution in [0, 0.1) is 11.3 Å². The zero-order valence-corrected chi connectivity index (χ0v) is 10.2. The van der Waals surface area contributed by atoms with E-state index in [1.165, 1.54) is 4.90 Å². The second kappa shape index (κ2) is 3.84. The largest absolute Gasteiger partial charge is 0.315 e. The van der Waals surface area contributed by atoms with Gasteiger partial charge in [0.15, 0.2) is 0 Å². The molecule has 0 bridgehead atoms. The molecule has 2 aliphatic heterocycles. The van der Waals surface area contributed by atoms with Crippen molar-refractivity contribution in [3.8, 4) is 0 Å². The summed E-state index contributed by atoms with van der Waals surface area (Å²) < 4.78 is 0. The SMILES string of the molecule is CC1CCNCC1N1C(=O)CC(C)(C)C1=O. The van der Waals surface area contributed by atoms with Crippen molar-refractivity contribution in [1.29, 1.82) is 0 Å². The van der Waals surface area contributed by atoms with Crippen LogP contribution in [0.4, 0.5) is 0 Å². The molecule has 90 valence electrons. The maximum absolute atomic E-state index is 12.2. The summed E-state index contributed by atoms with van der Waals surface area (Å²) in [5, 5.41) is 3.26. The van der Waals surface area contributed by atoms with Crippen molar-refractivity contribution in [2.75, 3.05) is 13.1 Å².